The Hall–Kier alpha value is -1.99. The number of carbonyl (C=O) groups is 1. The highest BCUT2D eigenvalue weighted by Gasteiger charge is 2.28. The van der Waals surface area contributed by atoms with E-state index in [4.69, 9.17) is 0 Å². The number of ketones is 1. The maximum atomic E-state index is 12.3. The Labute approximate surface area is 154 Å². The third kappa shape index (κ3) is 3.73. The van der Waals surface area contributed by atoms with Gasteiger partial charge in [-0.3, -0.25) is 14.0 Å². The van der Waals surface area contributed by atoms with Crippen molar-refractivity contribution in [1.29, 1.82) is 0 Å². The monoisotopic (exact) mass is 376 g/mol. The van der Waals surface area contributed by atoms with Gasteiger partial charge in [0, 0.05) is 18.7 Å². The lowest BCUT2D eigenvalue weighted by Gasteiger charge is -2.19. The van der Waals surface area contributed by atoms with Gasteiger partial charge < -0.3 is 0 Å². The van der Waals surface area contributed by atoms with Crippen LogP contribution in [0.2, 0.25) is 0 Å². The van der Waals surface area contributed by atoms with Crippen molar-refractivity contribution in [3.63, 3.8) is 0 Å². The van der Waals surface area contributed by atoms with E-state index in [-0.39, 0.29) is 10.7 Å². The number of fused-ring (bicyclic) bond motifs is 1. The largest absolute Gasteiger partial charge is 0.294 e. The Balaban J connectivity index is 1.79. The van der Waals surface area contributed by atoms with Gasteiger partial charge in [-0.25, -0.2) is 0 Å². The van der Waals surface area contributed by atoms with Crippen LogP contribution in [0.15, 0.2) is 23.1 Å². The summed E-state index contributed by atoms with van der Waals surface area (Å²) in [5, 5.41) is 4.53. The summed E-state index contributed by atoms with van der Waals surface area (Å²) in [5.41, 5.74) is 4.07. The number of nitrogens with zero attached hydrogens (tertiary/aromatic N) is 2. The van der Waals surface area contributed by atoms with Crippen molar-refractivity contribution in [2.45, 2.75) is 57.9 Å². The fraction of sp³-hybridized carbons (Fsp3) is 0.474. The van der Waals surface area contributed by atoms with Gasteiger partial charge in [-0.1, -0.05) is 24.6 Å². The van der Waals surface area contributed by atoms with Crippen molar-refractivity contribution < 1.29 is 17.8 Å². The van der Waals surface area contributed by atoms with Crippen LogP contribution in [-0.4, -0.2) is 28.5 Å². The SMILES string of the molecule is Cc1ccc(S(=O)(=O)O)c(CCCn2nc(C)c3c2CC(C)CC3=O)c1. The highest BCUT2D eigenvalue weighted by Crippen LogP contribution is 2.28. The first-order valence-corrected chi connectivity index (χ1v) is 10.3. The van der Waals surface area contributed by atoms with Gasteiger partial charge >= 0.3 is 0 Å². The Bertz CT molecular complexity index is 960. The lowest BCUT2D eigenvalue weighted by Crippen LogP contribution is -2.20. The molecule has 1 aromatic carbocycles. The normalized spacial score (nSPS) is 17.4. The molecule has 1 aliphatic rings. The highest BCUT2D eigenvalue weighted by atomic mass is 32.2. The predicted molar refractivity (Wildman–Crippen MR) is 98.1 cm³/mol. The van der Waals surface area contributed by atoms with Gasteiger partial charge in [-0.2, -0.15) is 13.5 Å². The zero-order valence-corrected chi connectivity index (χ0v) is 16.1. The first kappa shape index (κ1) is 18.8. The zero-order chi connectivity index (χ0) is 19.1. The Kier molecular flexibility index (Phi) is 5.03. The van der Waals surface area contributed by atoms with E-state index < -0.39 is 10.1 Å². The second-order valence-electron chi connectivity index (χ2n) is 7.26. The Morgan fingerprint density at radius 1 is 1.27 bits per heavy atom. The molecule has 0 radical (unpaired) electrons. The van der Waals surface area contributed by atoms with Gasteiger partial charge in [-0.05, 0) is 50.7 Å². The topological polar surface area (TPSA) is 89.3 Å². The molecule has 1 heterocycles. The van der Waals surface area contributed by atoms with Gasteiger partial charge in [-0.15, -0.1) is 0 Å². The van der Waals surface area contributed by atoms with Crippen molar-refractivity contribution in [3.05, 3.63) is 46.3 Å². The number of carbonyl (C=O) groups excluding carboxylic acids is 1. The standard InChI is InChI=1S/C19H24N2O4S/c1-12-6-7-18(26(23,24)25)15(9-12)5-4-8-21-16-10-13(2)11-17(22)19(16)14(3)20-21/h6-7,9,13H,4-5,8,10-11H2,1-3H3,(H,23,24,25). The molecule has 0 amide bonds. The van der Waals surface area contributed by atoms with Gasteiger partial charge in [0.15, 0.2) is 5.78 Å². The molecule has 1 N–H and O–H groups in total. The van der Waals surface area contributed by atoms with Crippen LogP contribution in [0.25, 0.3) is 0 Å². The summed E-state index contributed by atoms with van der Waals surface area (Å²) >= 11 is 0. The van der Waals surface area contributed by atoms with E-state index in [1.54, 1.807) is 12.1 Å². The fourth-order valence-corrected chi connectivity index (χ4v) is 4.51. The second-order valence-corrected chi connectivity index (χ2v) is 8.65. The molecule has 26 heavy (non-hydrogen) atoms. The maximum Gasteiger partial charge on any atom is 0.294 e. The Morgan fingerprint density at radius 2 is 2.00 bits per heavy atom. The van der Waals surface area contributed by atoms with Crippen molar-refractivity contribution in [1.82, 2.24) is 9.78 Å². The van der Waals surface area contributed by atoms with Crippen LogP contribution >= 0.6 is 0 Å². The first-order chi connectivity index (χ1) is 12.2. The quantitative estimate of drug-likeness (QED) is 0.810. The molecule has 3 rings (SSSR count). The molecular weight excluding hydrogens is 352 g/mol. The molecule has 1 atom stereocenters. The van der Waals surface area contributed by atoms with E-state index in [9.17, 15) is 17.8 Å². The Morgan fingerprint density at radius 3 is 2.69 bits per heavy atom. The third-order valence-electron chi connectivity index (χ3n) is 4.90. The average molecular weight is 376 g/mol. The van der Waals surface area contributed by atoms with Crippen LogP contribution in [-0.2, 0) is 29.5 Å². The van der Waals surface area contributed by atoms with Crippen molar-refractivity contribution in [2.24, 2.45) is 5.92 Å². The van der Waals surface area contributed by atoms with Crippen LogP contribution < -0.4 is 0 Å². The molecule has 1 aliphatic carbocycles. The smallest absolute Gasteiger partial charge is 0.294 e. The average Bonchev–Trinajstić information content (AvgIpc) is 2.82. The number of rotatable bonds is 5. The molecule has 0 bridgehead atoms. The van der Waals surface area contributed by atoms with E-state index in [0.29, 0.717) is 37.3 Å². The molecule has 0 aliphatic heterocycles. The number of hydrogen-bond donors (Lipinski definition) is 1. The summed E-state index contributed by atoms with van der Waals surface area (Å²) in [4.78, 5) is 12.2. The van der Waals surface area contributed by atoms with Crippen molar-refractivity contribution in [3.8, 4) is 0 Å². The van der Waals surface area contributed by atoms with Crippen LogP contribution in [0, 0.1) is 19.8 Å². The van der Waals surface area contributed by atoms with Crippen LogP contribution in [0.1, 0.15) is 52.6 Å². The summed E-state index contributed by atoms with van der Waals surface area (Å²) in [6.45, 7) is 6.42. The summed E-state index contributed by atoms with van der Waals surface area (Å²) in [7, 11) is -4.24. The molecule has 7 heteroatoms. The van der Waals surface area contributed by atoms with Crippen LogP contribution in [0.5, 0.6) is 0 Å². The maximum absolute atomic E-state index is 12.3. The lowest BCUT2D eigenvalue weighted by atomic mass is 9.87. The molecular formula is C19H24N2O4S. The zero-order valence-electron chi connectivity index (χ0n) is 15.3. The second kappa shape index (κ2) is 6.96. The molecule has 140 valence electrons. The fourth-order valence-electron chi connectivity index (χ4n) is 3.78. The minimum absolute atomic E-state index is 0.0365. The summed E-state index contributed by atoms with van der Waals surface area (Å²) in [5.74, 6) is 0.475. The molecule has 1 aromatic heterocycles. The minimum atomic E-state index is -4.24. The van der Waals surface area contributed by atoms with Crippen molar-refractivity contribution in [2.75, 3.05) is 0 Å². The molecule has 1 unspecified atom stereocenters. The van der Waals surface area contributed by atoms with E-state index in [1.165, 1.54) is 6.07 Å². The van der Waals surface area contributed by atoms with Crippen LogP contribution in [0.4, 0.5) is 0 Å². The molecule has 0 saturated heterocycles. The first-order valence-electron chi connectivity index (χ1n) is 8.83. The highest BCUT2D eigenvalue weighted by molar-refractivity contribution is 7.85. The van der Waals surface area contributed by atoms with E-state index in [2.05, 4.69) is 12.0 Å². The predicted octanol–water partition coefficient (Wildman–Crippen LogP) is 3.14. The molecule has 0 saturated carbocycles. The number of Topliss-reactive ketones (excluding diaryl/α,β-unsaturated/α-hetero) is 1. The van der Waals surface area contributed by atoms with Gasteiger partial charge in [0.05, 0.1) is 16.2 Å². The number of aryl methyl sites for hydroxylation is 4. The third-order valence-corrected chi connectivity index (χ3v) is 5.85. The van der Waals surface area contributed by atoms with Gasteiger partial charge in [0.2, 0.25) is 0 Å². The van der Waals surface area contributed by atoms with Gasteiger partial charge in [0.25, 0.3) is 10.1 Å². The minimum Gasteiger partial charge on any atom is -0.294 e. The summed E-state index contributed by atoms with van der Waals surface area (Å²) in [6.07, 6.45) is 2.58. The summed E-state index contributed by atoms with van der Waals surface area (Å²) < 4.78 is 34.4. The van der Waals surface area contributed by atoms with Crippen molar-refractivity contribution >= 4 is 15.9 Å². The number of hydrogen-bond acceptors (Lipinski definition) is 4. The van der Waals surface area contributed by atoms with E-state index in [1.807, 2.05) is 18.5 Å². The van der Waals surface area contributed by atoms with E-state index in [0.717, 1.165) is 28.9 Å². The molecule has 0 spiro atoms. The molecule has 6 nitrogen and oxygen atoms in total. The molecule has 2 aromatic rings. The van der Waals surface area contributed by atoms with Crippen LogP contribution in [0.3, 0.4) is 0 Å². The lowest BCUT2D eigenvalue weighted by molar-refractivity contribution is 0.0951. The van der Waals surface area contributed by atoms with Gasteiger partial charge in [0.1, 0.15) is 0 Å². The number of aromatic nitrogens is 2. The number of benzene rings is 1. The molecule has 0 fully saturated rings. The summed E-state index contributed by atoms with van der Waals surface area (Å²) in [6, 6.07) is 4.91. The van der Waals surface area contributed by atoms with E-state index >= 15 is 0 Å².